The van der Waals surface area contributed by atoms with Gasteiger partial charge in [0.2, 0.25) is 5.91 Å². The minimum atomic E-state index is -3.52. The maximum absolute atomic E-state index is 12.2. The Hall–Kier alpha value is -2.67. The van der Waals surface area contributed by atoms with Crippen LogP contribution in [0.25, 0.3) is 0 Å². The molecule has 2 aromatic rings. The molecule has 0 fully saturated rings. The van der Waals surface area contributed by atoms with E-state index in [1.54, 1.807) is 36.4 Å². The number of carbonyl (C=O) groups excluding carboxylic acids is 2. The summed E-state index contributed by atoms with van der Waals surface area (Å²) >= 11 is 0. The highest BCUT2D eigenvalue weighted by Crippen LogP contribution is 2.16. The summed E-state index contributed by atoms with van der Waals surface area (Å²) in [5.41, 5.74) is 0.651. The standard InChI is InChI=1S/C17H18N2O4S/c1-2-24(22,23)15-11-7-6-10-14(15)17(21)18-12-16(20)19-13-8-4-3-5-9-13/h3-11H,2,12H2,1H3,(H,18,21)(H,19,20). The highest BCUT2D eigenvalue weighted by atomic mass is 32.2. The zero-order valence-corrected chi connectivity index (χ0v) is 14.0. The molecule has 2 N–H and O–H groups in total. The molecule has 0 saturated carbocycles. The molecule has 0 saturated heterocycles. The van der Waals surface area contributed by atoms with Crippen molar-refractivity contribution in [1.82, 2.24) is 5.32 Å². The number of sulfone groups is 1. The summed E-state index contributed by atoms with van der Waals surface area (Å²) < 4.78 is 24.1. The lowest BCUT2D eigenvalue weighted by Gasteiger charge is -2.10. The molecule has 0 bridgehead atoms. The van der Waals surface area contributed by atoms with Gasteiger partial charge in [0.25, 0.3) is 5.91 Å². The molecule has 0 aliphatic rings. The molecule has 0 aromatic heterocycles. The largest absolute Gasteiger partial charge is 0.343 e. The maximum Gasteiger partial charge on any atom is 0.253 e. The Labute approximate surface area is 140 Å². The van der Waals surface area contributed by atoms with Crippen LogP contribution in [0.4, 0.5) is 5.69 Å². The normalized spacial score (nSPS) is 10.9. The number of rotatable bonds is 6. The summed E-state index contributed by atoms with van der Waals surface area (Å²) in [6, 6.07) is 14.8. The third-order valence-electron chi connectivity index (χ3n) is 3.31. The van der Waals surface area contributed by atoms with E-state index in [9.17, 15) is 18.0 Å². The second-order valence-corrected chi connectivity index (χ2v) is 7.24. The van der Waals surface area contributed by atoms with Gasteiger partial charge in [-0.15, -0.1) is 0 Å². The average molecular weight is 346 g/mol. The predicted molar refractivity (Wildman–Crippen MR) is 91.6 cm³/mol. The smallest absolute Gasteiger partial charge is 0.253 e. The third-order valence-corrected chi connectivity index (χ3v) is 5.10. The summed E-state index contributed by atoms with van der Waals surface area (Å²) in [7, 11) is -3.52. The Bertz CT molecular complexity index is 833. The molecule has 0 aliphatic heterocycles. The van der Waals surface area contributed by atoms with E-state index < -0.39 is 21.7 Å². The van der Waals surface area contributed by atoms with E-state index in [-0.39, 0.29) is 22.8 Å². The Morgan fingerprint density at radius 3 is 2.25 bits per heavy atom. The summed E-state index contributed by atoms with van der Waals surface area (Å²) in [5.74, 6) is -1.11. The van der Waals surface area contributed by atoms with Crippen LogP contribution in [-0.4, -0.2) is 32.5 Å². The summed E-state index contributed by atoms with van der Waals surface area (Å²) in [6.07, 6.45) is 0. The van der Waals surface area contributed by atoms with Gasteiger partial charge in [0, 0.05) is 5.69 Å². The number of amides is 2. The van der Waals surface area contributed by atoms with E-state index >= 15 is 0 Å². The van der Waals surface area contributed by atoms with Crippen molar-refractivity contribution in [1.29, 1.82) is 0 Å². The lowest BCUT2D eigenvalue weighted by molar-refractivity contribution is -0.115. The van der Waals surface area contributed by atoms with Crippen molar-refractivity contribution in [2.24, 2.45) is 0 Å². The lowest BCUT2D eigenvalue weighted by atomic mass is 10.2. The quantitative estimate of drug-likeness (QED) is 0.835. The van der Waals surface area contributed by atoms with Crippen LogP contribution in [-0.2, 0) is 14.6 Å². The van der Waals surface area contributed by atoms with Crippen molar-refractivity contribution in [3.8, 4) is 0 Å². The van der Waals surface area contributed by atoms with Crippen LogP contribution in [0.2, 0.25) is 0 Å². The highest BCUT2D eigenvalue weighted by Gasteiger charge is 2.20. The Balaban J connectivity index is 2.05. The molecular formula is C17H18N2O4S. The van der Waals surface area contributed by atoms with Crippen LogP contribution in [0, 0.1) is 0 Å². The van der Waals surface area contributed by atoms with Gasteiger partial charge in [-0.05, 0) is 24.3 Å². The molecule has 126 valence electrons. The molecule has 2 amide bonds. The van der Waals surface area contributed by atoms with Crippen LogP contribution in [0.3, 0.4) is 0 Å². The van der Waals surface area contributed by atoms with Gasteiger partial charge in [0.15, 0.2) is 9.84 Å². The molecule has 0 atom stereocenters. The van der Waals surface area contributed by atoms with Gasteiger partial charge in [0.05, 0.1) is 22.8 Å². The van der Waals surface area contributed by atoms with E-state index in [0.717, 1.165) is 0 Å². The van der Waals surface area contributed by atoms with Crippen LogP contribution < -0.4 is 10.6 Å². The minimum Gasteiger partial charge on any atom is -0.343 e. The fourth-order valence-corrected chi connectivity index (χ4v) is 3.16. The summed E-state index contributed by atoms with van der Waals surface area (Å²) in [5, 5.41) is 5.07. The van der Waals surface area contributed by atoms with E-state index in [2.05, 4.69) is 10.6 Å². The molecule has 2 aromatic carbocycles. The molecule has 2 rings (SSSR count). The predicted octanol–water partition coefficient (Wildman–Crippen LogP) is 1.85. The number of nitrogens with one attached hydrogen (secondary N) is 2. The monoisotopic (exact) mass is 346 g/mol. The Morgan fingerprint density at radius 1 is 0.958 bits per heavy atom. The zero-order valence-electron chi connectivity index (χ0n) is 13.2. The van der Waals surface area contributed by atoms with Gasteiger partial charge in [-0.1, -0.05) is 37.3 Å². The molecule has 0 radical (unpaired) electrons. The van der Waals surface area contributed by atoms with Crippen molar-refractivity contribution >= 4 is 27.3 Å². The number of hydrogen-bond acceptors (Lipinski definition) is 4. The molecule has 0 spiro atoms. The van der Waals surface area contributed by atoms with Crippen molar-refractivity contribution in [3.63, 3.8) is 0 Å². The van der Waals surface area contributed by atoms with Crippen LogP contribution in [0.15, 0.2) is 59.5 Å². The molecular weight excluding hydrogens is 328 g/mol. The first-order valence-electron chi connectivity index (χ1n) is 7.39. The fourth-order valence-electron chi connectivity index (χ4n) is 2.06. The maximum atomic E-state index is 12.2. The number of para-hydroxylation sites is 1. The number of carbonyl (C=O) groups is 2. The average Bonchev–Trinajstić information content (AvgIpc) is 2.60. The van der Waals surface area contributed by atoms with Crippen molar-refractivity contribution < 1.29 is 18.0 Å². The van der Waals surface area contributed by atoms with Gasteiger partial charge >= 0.3 is 0 Å². The van der Waals surface area contributed by atoms with Crippen LogP contribution in [0.5, 0.6) is 0 Å². The Morgan fingerprint density at radius 2 is 1.58 bits per heavy atom. The molecule has 7 heteroatoms. The van der Waals surface area contributed by atoms with Gasteiger partial charge < -0.3 is 10.6 Å². The summed E-state index contributed by atoms with van der Waals surface area (Å²) in [4.78, 5) is 24.0. The minimum absolute atomic E-state index is 0.0338. The second kappa shape index (κ2) is 7.74. The number of anilines is 1. The molecule has 24 heavy (non-hydrogen) atoms. The zero-order chi connectivity index (χ0) is 17.6. The molecule has 0 heterocycles. The van der Waals surface area contributed by atoms with Gasteiger partial charge in [0.1, 0.15) is 0 Å². The topological polar surface area (TPSA) is 92.3 Å². The van der Waals surface area contributed by atoms with Crippen LogP contribution in [0.1, 0.15) is 17.3 Å². The third kappa shape index (κ3) is 4.42. The highest BCUT2D eigenvalue weighted by molar-refractivity contribution is 7.91. The Kier molecular flexibility index (Phi) is 5.70. The first-order valence-corrected chi connectivity index (χ1v) is 9.04. The van der Waals surface area contributed by atoms with Gasteiger partial charge in [-0.2, -0.15) is 0 Å². The molecule has 0 unspecified atom stereocenters. The SMILES string of the molecule is CCS(=O)(=O)c1ccccc1C(=O)NCC(=O)Nc1ccccc1. The van der Waals surface area contributed by atoms with Crippen molar-refractivity contribution in [2.45, 2.75) is 11.8 Å². The number of benzene rings is 2. The van der Waals surface area contributed by atoms with Crippen LogP contribution >= 0.6 is 0 Å². The van der Waals surface area contributed by atoms with Crippen molar-refractivity contribution in [2.75, 3.05) is 17.6 Å². The molecule has 6 nitrogen and oxygen atoms in total. The number of hydrogen-bond donors (Lipinski definition) is 2. The van der Waals surface area contributed by atoms with E-state index in [1.807, 2.05) is 6.07 Å². The van der Waals surface area contributed by atoms with Gasteiger partial charge in [-0.3, -0.25) is 9.59 Å². The van der Waals surface area contributed by atoms with E-state index in [4.69, 9.17) is 0 Å². The summed E-state index contributed by atoms with van der Waals surface area (Å²) in [6.45, 7) is 1.26. The van der Waals surface area contributed by atoms with E-state index in [0.29, 0.717) is 5.69 Å². The second-order valence-electron chi connectivity index (χ2n) is 5.00. The first-order chi connectivity index (χ1) is 11.4. The fraction of sp³-hybridized carbons (Fsp3) is 0.176. The van der Waals surface area contributed by atoms with E-state index in [1.165, 1.54) is 19.1 Å². The van der Waals surface area contributed by atoms with Gasteiger partial charge in [-0.25, -0.2) is 8.42 Å². The van der Waals surface area contributed by atoms with Crippen molar-refractivity contribution in [3.05, 3.63) is 60.2 Å². The first kappa shape index (κ1) is 17.7. The molecule has 0 aliphatic carbocycles. The lowest BCUT2D eigenvalue weighted by Crippen LogP contribution is -2.33.